The van der Waals surface area contributed by atoms with Crippen molar-refractivity contribution in [2.75, 3.05) is 0 Å². The molecule has 1 aliphatic rings. The van der Waals surface area contributed by atoms with Crippen LogP contribution in [-0.2, 0) is 19.4 Å². The van der Waals surface area contributed by atoms with Gasteiger partial charge >= 0.3 is 0 Å². The van der Waals surface area contributed by atoms with E-state index in [1.165, 1.54) is 0 Å². The summed E-state index contributed by atoms with van der Waals surface area (Å²) in [6.45, 7) is 2.61. The van der Waals surface area contributed by atoms with E-state index in [4.69, 9.17) is 4.74 Å². The van der Waals surface area contributed by atoms with Gasteiger partial charge in [0, 0.05) is 5.38 Å². The van der Waals surface area contributed by atoms with Crippen LogP contribution in [0, 0.1) is 0 Å². The van der Waals surface area contributed by atoms with Crippen LogP contribution >= 0.6 is 11.3 Å². The number of fused-ring (bicyclic) bond motifs is 1. The molecule has 1 heterocycles. The van der Waals surface area contributed by atoms with Crippen molar-refractivity contribution in [2.24, 2.45) is 0 Å². The smallest absolute Gasteiger partial charge is 0.131 e. The maximum Gasteiger partial charge on any atom is 0.131 e. The third-order valence-corrected chi connectivity index (χ3v) is 4.75. The van der Waals surface area contributed by atoms with Crippen molar-refractivity contribution in [3.63, 3.8) is 0 Å². The number of aliphatic hydroxyl groups excluding tert-OH is 1. The van der Waals surface area contributed by atoms with Gasteiger partial charge in [0.15, 0.2) is 0 Å². The SMILES string of the molecule is CCc1nc(COc2cccc3c2CCCC3O)cs1. The molecule has 106 valence electrons. The van der Waals surface area contributed by atoms with Crippen molar-refractivity contribution in [1.29, 1.82) is 0 Å². The van der Waals surface area contributed by atoms with Crippen LogP contribution in [0.25, 0.3) is 0 Å². The van der Waals surface area contributed by atoms with E-state index in [1.807, 2.05) is 18.2 Å². The Balaban J connectivity index is 1.76. The molecule has 0 bridgehead atoms. The first-order valence-corrected chi connectivity index (χ1v) is 8.02. The topological polar surface area (TPSA) is 42.4 Å². The molecule has 0 saturated heterocycles. The van der Waals surface area contributed by atoms with Gasteiger partial charge in [-0.25, -0.2) is 4.98 Å². The van der Waals surface area contributed by atoms with E-state index in [2.05, 4.69) is 17.3 Å². The Morgan fingerprint density at radius 1 is 1.45 bits per heavy atom. The maximum atomic E-state index is 10.0. The second-order valence-corrected chi connectivity index (χ2v) is 6.05. The molecule has 0 spiro atoms. The standard InChI is InChI=1S/C16H19NO2S/c1-2-16-17-11(10-20-16)9-19-15-8-4-5-12-13(15)6-3-7-14(12)18/h4-5,8,10,14,18H,2-3,6-7,9H2,1H3. The van der Waals surface area contributed by atoms with Crippen molar-refractivity contribution in [3.05, 3.63) is 45.4 Å². The normalized spacial score (nSPS) is 17.8. The average molecular weight is 289 g/mol. The number of benzene rings is 1. The summed E-state index contributed by atoms with van der Waals surface area (Å²) in [4.78, 5) is 4.51. The van der Waals surface area contributed by atoms with Crippen LogP contribution in [-0.4, -0.2) is 10.1 Å². The molecule has 0 saturated carbocycles. The fraction of sp³-hybridized carbons (Fsp3) is 0.438. The molecule has 1 N–H and O–H groups in total. The molecular weight excluding hydrogens is 270 g/mol. The van der Waals surface area contributed by atoms with Gasteiger partial charge in [-0.2, -0.15) is 0 Å². The summed E-state index contributed by atoms with van der Waals surface area (Å²) >= 11 is 1.68. The molecule has 1 unspecified atom stereocenters. The molecule has 0 aliphatic heterocycles. The van der Waals surface area contributed by atoms with Crippen LogP contribution in [0.5, 0.6) is 5.75 Å². The van der Waals surface area contributed by atoms with Gasteiger partial charge in [0.2, 0.25) is 0 Å². The Kier molecular flexibility index (Phi) is 4.03. The van der Waals surface area contributed by atoms with E-state index in [0.717, 1.165) is 53.3 Å². The summed E-state index contributed by atoms with van der Waals surface area (Å²) in [7, 11) is 0. The van der Waals surface area contributed by atoms with E-state index in [-0.39, 0.29) is 6.10 Å². The fourth-order valence-electron chi connectivity index (χ4n) is 2.65. The van der Waals surface area contributed by atoms with Crippen molar-refractivity contribution < 1.29 is 9.84 Å². The van der Waals surface area contributed by atoms with Crippen LogP contribution in [0.3, 0.4) is 0 Å². The van der Waals surface area contributed by atoms with Gasteiger partial charge in [0.05, 0.1) is 16.8 Å². The van der Waals surface area contributed by atoms with Crippen molar-refractivity contribution in [1.82, 2.24) is 4.98 Å². The van der Waals surface area contributed by atoms with Crippen LogP contribution in [0.4, 0.5) is 0 Å². The highest BCUT2D eigenvalue weighted by Gasteiger charge is 2.20. The molecule has 2 aromatic rings. The highest BCUT2D eigenvalue weighted by Crippen LogP contribution is 2.35. The van der Waals surface area contributed by atoms with Gasteiger partial charge in [-0.3, -0.25) is 0 Å². The Labute approximate surface area is 123 Å². The average Bonchev–Trinajstić information content (AvgIpc) is 2.94. The Morgan fingerprint density at radius 3 is 3.15 bits per heavy atom. The zero-order chi connectivity index (χ0) is 13.9. The molecule has 4 heteroatoms. The molecule has 20 heavy (non-hydrogen) atoms. The Bertz CT molecular complexity index is 594. The number of aliphatic hydroxyl groups is 1. The number of nitrogens with zero attached hydrogens (tertiary/aromatic N) is 1. The second kappa shape index (κ2) is 5.94. The summed E-state index contributed by atoms with van der Waals surface area (Å²) in [5.74, 6) is 0.896. The van der Waals surface area contributed by atoms with Crippen molar-refractivity contribution in [2.45, 2.75) is 45.3 Å². The number of thiazole rings is 1. The number of rotatable bonds is 4. The minimum atomic E-state index is -0.340. The van der Waals surface area contributed by atoms with Gasteiger partial charge in [-0.1, -0.05) is 19.1 Å². The molecule has 0 radical (unpaired) electrons. The fourth-order valence-corrected chi connectivity index (χ4v) is 3.38. The highest BCUT2D eigenvalue weighted by atomic mass is 32.1. The number of hydrogen-bond donors (Lipinski definition) is 1. The van der Waals surface area contributed by atoms with Crippen molar-refractivity contribution >= 4 is 11.3 Å². The van der Waals surface area contributed by atoms with Crippen LogP contribution in [0.15, 0.2) is 23.6 Å². The zero-order valence-corrected chi connectivity index (χ0v) is 12.4. The van der Waals surface area contributed by atoms with Crippen LogP contribution < -0.4 is 4.74 Å². The number of aromatic nitrogens is 1. The maximum absolute atomic E-state index is 10.0. The van der Waals surface area contributed by atoms with E-state index >= 15 is 0 Å². The second-order valence-electron chi connectivity index (χ2n) is 5.11. The molecule has 1 aliphatic carbocycles. The third kappa shape index (κ3) is 2.72. The molecule has 0 amide bonds. The van der Waals surface area contributed by atoms with Crippen LogP contribution in [0.1, 0.15) is 47.7 Å². The van der Waals surface area contributed by atoms with E-state index in [9.17, 15) is 5.11 Å². The summed E-state index contributed by atoms with van der Waals surface area (Å²) in [6.07, 6.45) is 3.48. The minimum Gasteiger partial charge on any atom is -0.487 e. The zero-order valence-electron chi connectivity index (χ0n) is 11.6. The Hall–Kier alpha value is -1.39. The highest BCUT2D eigenvalue weighted by molar-refractivity contribution is 7.09. The summed E-state index contributed by atoms with van der Waals surface area (Å²) in [6, 6.07) is 5.95. The molecule has 0 fully saturated rings. The van der Waals surface area contributed by atoms with Gasteiger partial charge in [-0.15, -0.1) is 11.3 Å². The lowest BCUT2D eigenvalue weighted by Gasteiger charge is -2.23. The summed E-state index contributed by atoms with van der Waals surface area (Å²) < 4.78 is 5.93. The van der Waals surface area contributed by atoms with Gasteiger partial charge in [0.1, 0.15) is 12.4 Å². The third-order valence-electron chi connectivity index (χ3n) is 3.71. The summed E-state index contributed by atoms with van der Waals surface area (Å²) in [5.41, 5.74) is 3.18. The molecule has 1 aromatic carbocycles. The molecular formula is C16H19NO2S. The molecule has 1 aromatic heterocycles. The molecule has 3 nitrogen and oxygen atoms in total. The lowest BCUT2D eigenvalue weighted by atomic mass is 9.89. The van der Waals surface area contributed by atoms with Gasteiger partial charge in [0.25, 0.3) is 0 Å². The van der Waals surface area contributed by atoms with Gasteiger partial charge < -0.3 is 9.84 Å². The first kappa shape index (κ1) is 13.6. The lowest BCUT2D eigenvalue weighted by molar-refractivity contribution is 0.155. The summed E-state index contributed by atoms with van der Waals surface area (Å²) in [5, 5.41) is 13.2. The number of ether oxygens (including phenoxy) is 1. The van der Waals surface area contributed by atoms with E-state index in [1.54, 1.807) is 11.3 Å². The first-order valence-electron chi connectivity index (χ1n) is 7.14. The minimum absolute atomic E-state index is 0.340. The van der Waals surface area contributed by atoms with E-state index < -0.39 is 0 Å². The monoisotopic (exact) mass is 289 g/mol. The van der Waals surface area contributed by atoms with Crippen molar-refractivity contribution in [3.8, 4) is 5.75 Å². The van der Waals surface area contributed by atoms with E-state index in [0.29, 0.717) is 6.61 Å². The Morgan fingerprint density at radius 2 is 2.35 bits per heavy atom. The lowest BCUT2D eigenvalue weighted by Crippen LogP contribution is -2.11. The van der Waals surface area contributed by atoms with Gasteiger partial charge in [-0.05, 0) is 42.9 Å². The number of hydrogen-bond acceptors (Lipinski definition) is 4. The molecule has 3 rings (SSSR count). The quantitative estimate of drug-likeness (QED) is 0.934. The van der Waals surface area contributed by atoms with Crippen LogP contribution in [0.2, 0.25) is 0 Å². The number of aryl methyl sites for hydroxylation is 1. The first-order chi connectivity index (χ1) is 9.78. The molecule has 1 atom stereocenters. The predicted molar refractivity (Wildman–Crippen MR) is 80.2 cm³/mol. The predicted octanol–water partition coefficient (Wildman–Crippen LogP) is 3.65. The largest absolute Gasteiger partial charge is 0.487 e.